The zero-order chi connectivity index (χ0) is 9.26. The van der Waals surface area contributed by atoms with Crippen LogP contribution in [-0.2, 0) is 0 Å². The molecule has 2 unspecified atom stereocenters. The zero-order valence-corrected chi connectivity index (χ0v) is 8.58. The van der Waals surface area contributed by atoms with Crippen molar-refractivity contribution in [2.45, 2.75) is 51.2 Å². The van der Waals surface area contributed by atoms with Crippen molar-refractivity contribution in [3.05, 3.63) is 0 Å². The van der Waals surface area contributed by atoms with Crippen molar-refractivity contribution in [1.29, 1.82) is 0 Å². The van der Waals surface area contributed by atoms with Gasteiger partial charge in [0.1, 0.15) is 0 Å². The molecule has 0 aromatic carbocycles. The monoisotopic (exact) mass is 183 g/mol. The van der Waals surface area contributed by atoms with E-state index < -0.39 is 0 Å². The van der Waals surface area contributed by atoms with Crippen LogP contribution >= 0.6 is 0 Å². The highest BCUT2D eigenvalue weighted by molar-refractivity contribution is 4.87. The van der Waals surface area contributed by atoms with Crippen molar-refractivity contribution in [3.63, 3.8) is 0 Å². The predicted octanol–water partition coefficient (Wildman–Crippen LogP) is 1.63. The van der Waals surface area contributed by atoms with Crippen LogP contribution in [0.4, 0.5) is 0 Å². The third-order valence-corrected chi connectivity index (χ3v) is 3.51. The molecule has 0 saturated heterocycles. The Kier molecular flexibility index (Phi) is 2.89. The Morgan fingerprint density at radius 3 is 2.46 bits per heavy atom. The van der Waals surface area contributed by atoms with Gasteiger partial charge in [0.2, 0.25) is 0 Å². The third-order valence-electron chi connectivity index (χ3n) is 3.51. The Morgan fingerprint density at radius 1 is 1.23 bits per heavy atom. The van der Waals surface area contributed by atoms with Crippen molar-refractivity contribution >= 4 is 0 Å². The lowest BCUT2D eigenvalue weighted by atomic mass is 10.1. The third kappa shape index (κ3) is 2.23. The largest absolute Gasteiger partial charge is 0.391 e. The topological polar surface area (TPSA) is 23.5 Å². The first-order chi connectivity index (χ1) is 6.31. The number of aliphatic hydroxyl groups excluding tert-OH is 1. The molecule has 1 N–H and O–H groups in total. The standard InChI is InChI=1S/C11H21NO/c1-2-12(8-9-6-7-9)10-4-3-5-11(10)13/h9-11,13H,2-8H2,1H3. The Bertz CT molecular complexity index is 167. The van der Waals surface area contributed by atoms with Gasteiger partial charge >= 0.3 is 0 Å². The SMILES string of the molecule is CCN(CC1CC1)C1CCCC1O. The summed E-state index contributed by atoms with van der Waals surface area (Å²) in [5, 5.41) is 9.78. The summed E-state index contributed by atoms with van der Waals surface area (Å²) < 4.78 is 0. The zero-order valence-electron chi connectivity index (χ0n) is 8.58. The van der Waals surface area contributed by atoms with Gasteiger partial charge in [-0.15, -0.1) is 0 Å². The molecule has 2 saturated carbocycles. The maximum atomic E-state index is 9.78. The average Bonchev–Trinajstić information content (AvgIpc) is 2.85. The number of nitrogens with zero attached hydrogens (tertiary/aromatic N) is 1. The van der Waals surface area contributed by atoms with Crippen LogP contribution in [0.2, 0.25) is 0 Å². The van der Waals surface area contributed by atoms with Crippen molar-refractivity contribution in [3.8, 4) is 0 Å². The fourth-order valence-corrected chi connectivity index (χ4v) is 2.48. The van der Waals surface area contributed by atoms with Crippen molar-refractivity contribution in [2.24, 2.45) is 5.92 Å². The lowest BCUT2D eigenvalue weighted by molar-refractivity contribution is 0.0710. The van der Waals surface area contributed by atoms with Gasteiger partial charge in [-0.2, -0.15) is 0 Å². The highest BCUT2D eigenvalue weighted by atomic mass is 16.3. The summed E-state index contributed by atoms with van der Waals surface area (Å²) in [5.74, 6) is 0.952. The van der Waals surface area contributed by atoms with Crippen molar-refractivity contribution < 1.29 is 5.11 Å². The van der Waals surface area contributed by atoms with Crippen LogP contribution < -0.4 is 0 Å². The summed E-state index contributed by atoms with van der Waals surface area (Å²) >= 11 is 0. The quantitative estimate of drug-likeness (QED) is 0.716. The van der Waals surface area contributed by atoms with E-state index >= 15 is 0 Å². The average molecular weight is 183 g/mol. The van der Waals surface area contributed by atoms with E-state index in [2.05, 4.69) is 11.8 Å². The van der Waals surface area contributed by atoms with Crippen LogP contribution in [0.1, 0.15) is 39.0 Å². The molecular weight excluding hydrogens is 162 g/mol. The summed E-state index contributed by atoms with van der Waals surface area (Å²) in [7, 11) is 0. The highest BCUT2D eigenvalue weighted by Gasteiger charge is 2.33. The number of aliphatic hydroxyl groups is 1. The van der Waals surface area contributed by atoms with Gasteiger partial charge in [-0.3, -0.25) is 4.90 Å². The second-order valence-electron chi connectivity index (χ2n) is 4.60. The minimum atomic E-state index is -0.0429. The van der Waals surface area contributed by atoms with Crippen LogP contribution in [0.5, 0.6) is 0 Å². The molecule has 0 spiro atoms. The molecule has 2 fully saturated rings. The van der Waals surface area contributed by atoms with Gasteiger partial charge in [0, 0.05) is 12.6 Å². The normalized spacial score (nSPS) is 34.4. The van der Waals surface area contributed by atoms with Gasteiger partial charge in [-0.1, -0.05) is 6.92 Å². The molecule has 2 atom stereocenters. The van der Waals surface area contributed by atoms with Gasteiger partial charge in [0.05, 0.1) is 6.10 Å². The smallest absolute Gasteiger partial charge is 0.0695 e. The molecule has 0 radical (unpaired) electrons. The molecule has 0 aromatic heterocycles. The molecule has 0 aliphatic heterocycles. The van der Waals surface area contributed by atoms with Gasteiger partial charge in [0.15, 0.2) is 0 Å². The molecule has 2 heteroatoms. The lowest BCUT2D eigenvalue weighted by Crippen LogP contribution is -2.41. The molecule has 2 aliphatic carbocycles. The minimum Gasteiger partial charge on any atom is -0.391 e. The molecule has 0 amide bonds. The highest BCUT2D eigenvalue weighted by Crippen LogP contribution is 2.32. The summed E-state index contributed by atoms with van der Waals surface area (Å²) in [5.41, 5.74) is 0. The fourth-order valence-electron chi connectivity index (χ4n) is 2.48. The predicted molar refractivity (Wildman–Crippen MR) is 53.6 cm³/mol. The maximum absolute atomic E-state index is 9.78. The molecule has 13 heavy (non-hydrogen) atoms. The van der Waals surface area contributed by atoms with Crippen LogP contribution in [0.25, 0.3) is 0 Å². The van der Waals surface area contributed by atoms with E-state index in [1.54, 1.807) is 0 Å². The van der Waals surface area contributed by atoms with Gasteiger partial charge in [-0.05, 0) is 44.6 Å². The molecule has 0 bridgehead atoms. The van der Waals surface area contributed by atoms with Crippen LogP contribution in [0.3, 0.4) is 0 Å². The first-order valence-electron chi connectivity index (χ1n) is 5.73. The molecule has 0 aromatic rings. The summed E-state index contributed by atoms with van der Waals surface area (Å²) in [6, 6.07) is 0.477. The van der Waals surface area contributed by atoms with E-state index in [-0.39, 0.29) is 6.10 Å². The number of hydrogen-bond donors (Lipinski definition) is 1. The summed E-state index contributed by atoms with van der Waals surface area (Å²) in [6.45, 7) is 4.56. The second kappa shape index (κ2) is 3.97. The lowest BCUT2D eigenvalue weighted by Gasteiger charge is -2.29. The van der Waals surface area contributed by atoms with Crippen molar-refractivity contribution in [2.75, 3.05) is 13.1 Å². The summed E-state index contributed by atoms with van der Waals surface area (Å²) in [6.07, 6.45) is 6.23. The van der Waals surface area contributed by atoms with Gasteiger partial charge < -0.3 is 5.11 Å². The maximum Gasteiger partial charge on any atom is 0.0695 e. The second-order valence-corrected chi connectivity index (χ2v) is 4.60. The van der Waals surface area contributed by atoms with Crippen LogP contribution in [0.15, 0.2) is 0 Å². The molecule has 0 heterocycles. The fraction of sp³-hybridized carbons (Fsp3) is 1.00. The minimum absolute atomic E-state index is 0.0429. The number of hydrogen-bond acceptors (Lipinski definition) is 2. The van der Waals surface area contributed by atoms with E-state index in [9.17, 15) is 5.11 Å². The Hall–Kier alpha value is -0.0800. The number of rotatable bonds is 4. The van der Waals surface area contributed by atoms with Crippen LogP contribution in [-0.4, -0.2) is 35.2 Å². The Morgan fingerprint density at radius 2 is 2.00 bits per heavy atom. The van der Waals surface area contributed by atoms with E-state index in [1.807, 2.05) is 0 Å². The summed E-state index contributed by atoms with van der Waals surface area (Å²) in [4.78, 5) is 2.50. The first kappa shape index (κ1) is 9.47. The molecular formula is C11H21NO. The molecule has 2 rings (SSSR count). The molecule has 76 valence electrons. The van der Waals surface area contributed by atoms with E-state index in [0.29, 0.717) is 6.04 Å². The van der Waals surface area contributed by atoms with E-state index in [1.165, 1.54) is 32.2 Å². The Labute approximate surface area is 80.9 Å². The van der Waals surface area contributed by atoms with Gasteiger partial charge in [0.25, 0.3) is 0 Å². The molecule has 2 aliphatic rings. The van der Waals surface area contributed by atoms with E-state index in [4.69, 9.17) is 0 Å². The van der Waals surface area contributed by atoms with Crippen molar-refractivity contribution in [1.82, 2.24) is 4.90 Å². The van der Waals surface area contributed by atoms with E-state index in [0.717, 1.165) is 18.9 Å². The Balaban J connectivity index is 1.85. The number of likely N-dealkylation sites (N-methyl/N-ethyl adjacent to an activating group) is 1. The molecule has 2 nitrogen and oxygen atoms in total. The van der Waals surface area contributed by atoms with Gasteiger partial charge in [-0.25, -0.2) is 0 Å². The van der Waals surface area contributed by atoms with Crippen LogP contribution in [0, 0.1) is 5.92 Å². The first-order valence-corrected chi connectivity index (χ1v) is 5.73.